The van der Waals surface area contributed by atoms with E-state index in [0.29, 0.717) is 12.5 Å². The van der Waals surface area contributed by atoms with Gasteiger partial charge in [0, 0.05) is 12.5 Å². The molecule has 124 valence electrons. The van der Waals surface area contributed by atoms with Crippen LogP contribution in [0.4, 0.5) is 0 Å². The van der Waals surface area contributed by atoms with E-state index in [4.69, 9.17) is 4.43 Å². The van der Waals surface area contributed by atoms with E-state index in [0.717, 1.165) is 5.57 Å². The Labute approximate surface area is 133 Å². The van der Waals surface area contributed by atoms with Crippen molar-refractivity contribution in [1.29, 1.82) is 0 Å². The van der Waals surface area contributed by atoms with Gasteiger partial charge in [-0.1, -0.05) is 53.5 Å². The predicted molar refractivity (Wildman–Crippen MR) is 94.0 cm³/mol. The number of aliphatic hydroxyl groups is 1. The van der Waals surface area contributed by atoms with Gasteiger partial charge in [-0.15, -0.1) is 0 Å². The summed E-state index contributed by atoms with van der Waals surface area (Å²) in [6.45, 7) is 18.2. The summed E-state index contributed by atoms with van der Waals surface area (Å²) < 4.78 is 6.25. The molecule has 1 fully saturated rings. The Morgan fingerprint density at radius 1 is 1.24 bits per heavy atom. The van der Waals surface area contributed by atoms with Gasteiger partial charge in [0.15, 0.2) is 8.32 Å². The third-order valence-electron chi connectivity index (χ3n) is 5.56. The van der Waals surface area contributed by atoms with Crippen molar-refractivity contribution in [2.24, 2.45) is 11.8 Å². The van der Waals surface area contributed by atoms with E-state index in [1.54, 1.807) is 0 Å². The van der Waals surface area contributed by atoms with Gasteiger partial charge in [0.2, 0.25) is 0 Å². The highest BCUT2D eigenvalue weighted by Crippen LogP contribution is 2.37. The van der Waals surface area contributed by atoms with E-state index in [1.807, 2.05) is 0 Å². The minimum absolute atomic E-state index is 0.133. The Morgan fingerprint density at radius 2 is 1.76 bits per heavy atom. The molecule has 0 bridgehead atoms. The van der Waals surface area contributed by atoms with Gasteiger partial charge in [-0.3, -0.25) is 0 Å². The first-order valence-electron chi connectivity index (χ1n) is 8.57. The monoisotopic (exact) mass is 312 g/mol. The zero-order chi connectivity index (χ0) is 16.3. The maximum Gasteiger partial charge on any atom is 0.191 e. The number of hydrogen-bond donors (Lipinski definition) is 1. The Bertz CT molecular complexity index is 338. The summed E-state index contributed by atoms with van der Waals surface area (Å²) in [4.78, 5) is 0. The largest absolute Gasteiger partial charge is 0.416 e. The van der Waals surface area contributed by atoms with Crippen molar-refractivity contribution >= 4 is 8.32 Å². The van der Waals surface area contributed by atoms with Crippen LogP contribution in [0.3, 0.4) is 0 Å². The van der Waals surface area contributed by atoms with E-state index >= 15 is 0 Å². The first-order valence-corrected chi connectivity index (χ1v) is 11.5. The Hall–Kier alpha value is -0.123. The highest BCUT2D eigenvalue weighted by molar-refractivity contribution is 6.74. The van der Waals surface area contributed by atoms with Crippen LogP contribution in [0.1, 0.15) is 59.8 Å². The van der Waals surface area contributed by atoms with Crippen molar-refractivity contribution in [3.8, 4) is 0 Å². The molecule has 0 heterocycles. The normalized spacial score (nSPS) is 21.1. The molecular weight excluding hydrogens is 276 g/mol. The average Bonchev–Trinajstić information content (AvgIpc) is 2.43. The average molecular weight is 313 g/mol. The molecule has 21 heavy (non-hydrogen) atoms. The molecule has 0 radical (unpaired) electrons. The smallest absolute Gasteiger partial charge is 0.191 e. The van der Waals surface area contributed by atoms with Gasteiger partial charge >= 0.3 is 0 Å². The second-order valence-corrected chi connectivity index (χ2v) is 13.2. The van der Waals surface area contributed by atoms with E-state index in [1.165, 1.54) is 32.1 Å². The van der Waals surface area contributed by atoms with Crippen molar-refractivity contribution in [2.45, 2.75) is 84.0 Å². The van der Waals surface area contributed by atoms with Crippen LogP contribution in [0, 0.1) is 11.8 Å². The predicted octanol–water partition coefficient (Wildman–Crippen LogP) is 5.14. The van der Waals surface area contributed by atoms with Gasteiger partial charge in [-0.05, 0) is 42.5 Å². The van der Waals surface area contributed by atoms with Gasteiger partial charge in [0.05, 0.1) is 6.10 Å². The maximum atomic E-state index is 10.6. The molecule has 1 N–H and O–H groups in total. The summed E-state index contributed by atoms with van der Waals surface area (Å²) in [5.74, 6) is 0.651. The van der Waals surface area contributed by atoms with Crippen molar-refractivity contribution in [3.63, 3.8) is 0 Å². The van der Waals surface area contributed by atoms with Crippen LogP contribution < -0.4 is 0 Å². The molecule has 1 aliphatic rings. The summed E-state index contributed by atoms with van der Waals surface area (Å²) >= 11 is 0. The summed E-state index contributed by atoms with van der Waals surface area (Å²) in [6, 6.07) is 0. The summed E-state index contributed by atoms with van der Waals surface area (Å²) in [6.07, 6.45) is 5.88. The Morgan fingerprint density at radius 3 is 2.24 bits per heavy atom. The highest BCUT2D eigenvalue weighted by Gasteiger charge is 2.38. The molecule has 0 saturated heterocycles. The van der Waals surface area contributed by atoms with E-state index in [-0.39, 0.29) is 11.0 Å². The van der Waals surface area contributed by atoms with Crippen LogP contribution in [0.15, 0.2) is 12.2 Å². The summed E-state index contributed by atoms with van der Waals surface area (Å²) in [5, 5.41) is 10.8. The maximum absolute atomic E-state index is 10.6. The molecule has 1 unspecified atom stereocenters. The zero-order valence-electron chi connectivity index (χ0n) is 15.0. The van der Waals surface area contributed by atoms with E-state index in [9.17, 15) is 5.11 Å². The molecule has 0 aromatic rings. The van der Waals surface area contributed by atoms with Crippen LogP contribution in [-0.2, 0) is 4.43 Å². The molecule has 2 nitrogen and oxygen atoms in total. The number of aliphatic hydroxyl groups excluding tert-OH is 1. The summed E-state index contributed by atoms with van der Waals surface area (Å²) in [5.41, 5.74) is 1.04. The van der Waals surface area contributed by atoms with Gasteiger partial charge in [0.25, 0.3) is 0 Å². The fourth-order valence-corrected chi connectivity index (χ4v) is 3.84. The van der Waals surface area contributed by atoms with Crippen LogP contribution in [0.2, 0.25) is 18.1 Å². The second-order valence-electron chi connectivity index (χ2n) is 8.40. The molecule has 1 aliphatic carbocycles. The van der Waals surface area contributed by atoms with Gasteiger partial charge in [-0.2, -0.15) is 0 Å². The van der Waals surface area contributed by atoms with E-state index in [2.05, 4.69) is 47.4 Å². The SMILES string of the molecule is C=C(C1CCCCC1)C(O)[C@@H](C)CO[Si](C)(C)C(C)(C)C. The molecule has 0 amide bonds. The van der Waals surface area contributed by atoms with Crippen LogP contribution in [0.5, 0.6) is 0 Å². The van der Waals surface area contributed by atoms with Crippen LogP contribution >= 0.6 is 0 Å². The van der Waals surface area contributed by atoms with Gasteiger partial charge < -0.3 is 9.53 Å². The molecule has 3 heteroatoms. The minimum Gasteiger partial charge on any atom is -0.416 e. The zero-order valence-corrected chi connectivity index (χ0v) is 16.0. The molecule has 0 spiro atoms. The van der Waals surface area contributed by atoms with Crippen molar-refractivity contribution in [1.82, 2.24) is 0 Å². The molecule has 1 saturated carbocycles. The lowest BCUT2D eigenvalue weighted by molar-refractivity contribution is 0.0956. The van der Waals surface area contributed by atoms with Crippen molar-refractivity contribution in [3.05, 3.63) is 12.2 Å². The molecule has 1 rings (SSSR count). The molecular formula is C18H36O2Si. The van der Waals surface area contributed by atoms with Gasteiger partial charge in [0.1, 0.15) is 0 Å². The molecule has 2 atom stereocenters. The highest BCUT2D eigenvalue weighted by atomic mass is 28.4. The fourth-order valence-electron chi connectivity index (χ4n) is 2.73. The second kappa shape index (κ2) is 7.43. The van der Waals surface area contributed by atoms with Crippen molar-refractivity contribution < 1.29 is 9.53 Å². The lowest BCUT2D eigenvalue weighted by Gasteiger charge is -2.38. The van der Waals surface area contributed by atoms with Crippen LogP contribution in [0.25, 0.3) is 0 Å². The van der Waals surface area contributed by atoms with E-state index < -0.39 is 14.4 Å². The molecule has 0 aromatic heterocycles. The Balaban J connectivity index is 2.50. The standard InChI is InChI=1S/C18H36O2Si/c1-14(13-20-21(6,7)18(3,4)5)17(19)15(2)16-11-9-8-10-12-16/h14,16-17,19H,2,8-13H2,1,3-7H3/t14-,17?/m0/s1. The Kier molecular flexibility index (Phi) is 6.70. The lowest BCUT2D eigenvalue weighted by atomic mass is 9.80. The fraction of sp³-hybridized carbons (Fsp3) is 0.889. The van der Waals surface area contributed by atoms with Crippen molar-refractivity contribution in [2.75, 3.05) is 6.61 Å². The first-order chi connectivity index (χ1) is 9.56. The first kappa shape index (κ1) is 18.9. The minimum atomic E-state index is -1.73. The topological polar surface area (TPSA) is 29.5 Å². The quantitative estimate of drug-likeness (QED) is 0.543. The number of hydrogen-bond acceptors (Lipinski definition) is 2. The molecule has 0 aliphatic heterocycles. The van der Waals surface area contributed by atoms with Crippen LogP contribution in [-0.4, -0.2) is 26.1 Å². The summed E-state index contributed by atoms with van der Waals surface area (Å²) in [7, 11) is -1.73. The lowest BCUT2D eigenvalue weighted by Crippen LogP contribution is -2.43. The third-order valence-corrected chi connectivity index (χ3v) is 10.1. The molecule has 0 aromatic carbocycles. The third kappa shape index (κ3) is 5.22. The number of rotatable bonds is 6. The van der Waals surface area contributed by atoms with Gasteiger partial charge in [-0.25, -0.2) is 0 Å².